The minimum atomic E-state index is 0.207. The monoisotopic (exact) mass is 252 g/mol. The molecule has 1 unspecified atom stereocenters. The van der Waals surface area contributed by atoms with Crippen molar-refractivity contribution in [1.82, 2.24) is 4.98 Å². The number of nitrogens with two attached hydrogens (primary N) is 1. The third kappa shape index (κ3) is 5.09. The minimum Gasteiger partial charge on any atom is -0.327 e. The maximum atomic E-state index is 5.96. The molecular weight excluding hydrogens is 228 g/mol. The van der Waals surface area contributed by atoms with Gasteiger partial charge in [-0.1, -0.05) is 33.8 Å². The predicted octanol–water partition coefficient (Wildman–Crippen LogP) is 3.56. The number of hydrogen-bond acceptors (Lipinski definition) is 3. The Hall–Kier alpha value is -0.540. The van der Waals surface area contributed by atoms with E-state index in [2.05, 4.69) is 45.7 Å². The number of aryl methyl sites for hydroxylation is 1. The lowest BCUT2D eigenvalue weighted by Crippen LogP contribution is -2.21. The summed E-state index contributed by atoms with van der Waals surface area (Å²) >= 11 is 1.82. The summed E-state index contributed by atoms with van der Waals surface area (Å²) < 4.78 is 0.207. The first-order chi connectivity index (χ1) is 7.81. The van der Waals surface area contributed by atoms with E-state index in [4.69, 9.17) is 5.73 Å². The fourth-order valence-electron chi connectivity index (χ4n) is 1.58. The first-order valence-corrected chi connectivity index (χ1v) is 7.03. The van der Waals surface area contributed by atoms with Gasteiger partial charge in [0.25, 0.3) is 0 Å². The van der Waals surface area contributed by atoms with E-state index in [0.29, 0.717) is 0 Å². The Morgan fingerprint density at radius 3 is 2.53 bits per heavy atom. The average molecular weight is 252 g/mol. The Kier molecular flexibility index (Phi) is 5.02. The van der Waals surface area contributed by atoms with Crippen LogP contribution < -0.4 is 5.73 Å². The zero-order valence-corrected chi connectivity index (χ0v) is 12.4. The Morgan fingerprint density at radius 1 is 1.41 bits per heavy atom. The number of pyridine rings is 1. The van der Waals surface area contributed by atoms with Crippen molar-refractivity contribution in [3.05, 3.63) is 23.4 Å². The molecule has 0 radical (unpaired) electrons. The first-order valence-electron chi connectivity index (χ1n) is 6.22. The maximum Gasteiger partial charge on any atom is 0.0994 e. The largest absolute Gasteiger partial charge is 0.327 e. The van der Waals surface area contributed by atoms with Gasteiger partial charge in [-0.2, -0.15) is 0 Å². The van der Waals surface area contributed by atoms with Crippen LogP contribution in [-0.2, 0) is 6.42 Å². The second-order valence-corrected chi connectivity index (χ2v) is 7.37. The summed E-state index contributed by atoms with van der Waals surface area (Å²) in [5, 5.41) is 1.13. The zero-order valence-electron chi connectivity index (χ0n) is 11.6. The number of aromatic nitrogens is 1. The molecule has 3 heteroatoms. The van der Waals surface area contributed by atoms with Crippen LogP contribution in [-0.4, -0.2) is 15.8 Å². The van der Waals surface area contributed by atoms with Gasteiger partial charge in [-0.3, -0.25) is 0 Å². The van der Waals surface area contributed by atoms with Crippen molar-refractivity contribution in [2.45, 2.75) is 63.3 Å². The van der Waals surface area contributed by atoms with Crippen LogP contribution in [0.25, 0.3) is 0 Å². The highest BCUT2D eigenvalue weighted by Gasteiger charge is 2.15. The van der Waals surface area contributed by atoms with Crippen LogP contribution in [0.5, 0.6) is 0 Å². The minimum absolute atomic E-state index is 0.207. The fourth-order valence-corrected chi connectivity index (χ4v) is 2.48. The molecular formula is C14H24N2S. The van der Waals surface area contributed by atoms with Gasteiger partial charge >= 0.3 is 0 Å². The Labute approximate surface area is 109 Å². The SMILES string of the molecule is CCC(N)Cc1cnc(SC(C)(C)C)c(C)c1. The lowest BCUT2D eigenvalue weighted by Gasteiger charge is -2.18. The summed E-state index contributed by atoms with van der Waals surface area (Å²) in [7, 11) is 0. The van der Waals surface area contributed by atoms with Crippen molar-refractivity contribution >= 4 is 11.8 Å². The van der Waals surface area contributed by atoms with Gasteiger partial charge in [-0.05, 0) is 30.9 Å². The highest BCUT2D eigenvalue weighted by molar-refractivity contribution is 8.00. The van der Waals surface area contributed by atoms with Crippen molar-refractivity contribution in [2.75, 3.05) is 0 Å². The molecule has 1 atom stereocenters. The lowest BCUT2D eigenvalue weighted by molar-refractivity contribution is 0.644. The van der Waals surface area contributed by atoms with E-state index in [1.54, 1.807) is 0 Å². The quantitative estimate of drug-likeness (QED) is 0.833. The molecule has 0 bridgehead atoms. The highest BCUT2D eigenvalue weighted by atomic mass is 32.2. The third-order valence-electron chi connectivity index (χ3n) is 2.51. The predicted molar refractivity (Wildman–Crippen MR) is 76.6 cm³/mol. The van der Waals surface area contributed by atoms with Gasteiger partial charge in [0.05, 0.1) is 5.03 Å². The van der Waals surface area contributed by atoms with Crippen molar-refractivity contribution in [2.24, 2.45) is 5.73 Å². The molecule has 1 rings (SSSR count). The van der Waals surface area contributed by atoms with Crippen LogP contribution in [0.2, 0.25) is 0 Å². The van der Waals surface area contributed by atoms with Gasteiger partial charge in [-0.25, -0.2) is 4.98 Å². The molecule has 96 valence electrons. The molecule has 0 aliphatic carbocycles. The Morgan fingerprint density at radius 2 is 2.06 bits per heavy atom. The molecule has 0 saturated heterocycles. The smallest absolute Gasteiger partial charge is 0.0994 e. The fraction of sp³-hybridized carbons (Fsp3) is 0.643. The van der Waals surface area contributed by atoms with Crippen LogP contribution in [0.3, 0.4) is 0 Å². The topological polar surface area (TPSA) is 38.9 Å². The number of nitrogens with zero attached hydrogens (tertiary/aromatic N) is 1. The normalized spacial score (nSPS) is 13.8. The number of hydrogen-bond donors (Lipinski definition) is 1. The molecule has 0 amide bonds. The summed E-state index contributed by atoms with van der Waals surface area (Å²) in [5.41, 5.74) is 8.46. The number of thioether (sulfide) groups is 1. The summed E-state index contributed by atoms with van der Waals surface area (Å²) in [6.45, 7) is 10.9. The van der Waals surface area contributed by atoms with E-state index in [1.165, 1.54) is 11.1 Å². The van der Waals surface area contributed by atoms with E-state index in [0.717, 1.165) is 17.9 Å². The molecule has 0 aliphatic rings. The molecule has 1 aromatic rings. The zero-order chi connectivity index (χ0) is 13.1. The van der Waals surface area contributed by atoms with E-state index < -0.39 is 0 Å². The lowest BCUT2D eigenvalue weighted by atomic mass is 10.1. The van der Waals surface area contributed by atoms with E-state index in [-0.39, 0.29) is 10.8 Å². The molecule has 0 fully saturated rings. The van der Waals surface area contributed by atoms with Crippen LogP contribution >= 0.6 is 11.8 Å². The van der Waals surface area contributed by atoms with Crippen molar-refractivity contribution < 1.29 is 0 Å². The van der Waals surface area contributed by atoms with Gasteiger partial charge < -0.3 is 5.73 Å². The highest BCUT2D eigenvalue weighted by Crippen LogP contribution is 2.32. The summed E-state index contributed by atoms with van der Waals surface area (Å²) in [6, 6.07) is 2.47. The van der Waals surface area contributed by atoms with Crippen molar-refractivity contribution in [3.8, 4) is 0 Å². The molecule has 0 saturated carbocycles. The Balaban J connectivity index is 2.79. The van der Waals surface area contributed by atoms with Crippen molar-refractivity contribution in [1.29, 1.82) is 0 Å². The van der Waals surface area contributed by atoms with Crippen LogP contribution in [0.1, 0.15) is 45.2 Å². The number of rotatable bonds is 4. The molecule has 1 aromatic heterocycles. The molecule has 0 aliphatic heterocycles. The van der Waals surface area contributed by atoms with Crippen LogP contribution in [0, 0.1) is 6.92 Å². The van der Waals surface area contributed by atoms with Crippen LogP contribution in [0.15, 0.2) is 17.3 Å². The second-order valence-electron chi connectivity index (χ2n) is 5.55. The second kappa shape index (κ2) is 5.87. The van der Waals surface area contributed by atoms with Gasteiger partial charge in [0.2, 0.25) is 0 Å². The molecule has 2 N–H and O–H groups in total. The molecule has 17 heavy (non-hydrogen) atoms. The maximum absolute atomic E-state index is 5.96. The van der Waals surface area contributed by atoms with Gasteiger partial charge in [0, 0.05) is 17.0 Å². The average Bonchev–Trinajstić information content (AvgIpc) is 2.20. The van der Waals surface area contributed by atoms with Gasteiger partial charge in [-0.15, -0.1) is 11.8 Å². The molecule has 1 heterocycles. The molecule has 0 aromatic carbocycles. The van der Waals surface area contributed by atoms with Crippen molar-refractivity contribution in [3.63, 3.8) is 0 Å². The van der Waals surface area contributed by atoms with E-state index >= 15 is 0 Å². The van der Waals surface area contributed by atoms with Gasteiger partial charge in [0.1, 0.15) is 0 Å². The third-order valence-corrected chi connectivity index (χ3v) is 3.75. The van der Waals surface area contributed by atoms with E-state index in [9.17, 15) is 0 Å². The molecule has 0 spiro atoms. The summed E-state index contributed by atoms with van der Waals surface area (Å²) in [6.07, 6.45) is 3.90. The van der Waals surface area contributed by atoms with Gasteiger partial charge in [0.15, 0.2) is 0 Å². The summed E-state index contributed by atoms with van der Waals surface area (Å²) in [4.78, 5) is 4.56. The summed E-state index contributed by atoms with van der Waals surface area (Å²) in [5.74, 6) is 0. The first kappa shape index (κ1) is 14.5. The Bertz CT molecular complexity index is 369. The molecule has 2 nitrogen and oxygen atoms in total. The van der Waals surface area contributed by atoms with Crippen LogP contribution in [0.4, 0.5) is 0 Å². The standard InChI is InChI=1S/C14H24N2S/c1-6-12(15)8-11-7-10(2)13(16-9-11)17-14(3,4)5/h7,9,12H,6,8,15H2,1-5H3. The van der Waals surface area contributed by atoms with E-state index in [1.807, 2.05) is 18.0 Å².